The fraction of sp³-hybridized carbons (Fsp3) is 0.381. The summed E-state index contributed by atoms with van der Waals surface area (Å²) < 4.78 is 1.50. The van der Waals surface area contributed by atoms with Crippen molar-refractivity contribution >= 4 is 81.4 Å². The van der Waals surface area contributed by atoms with E-state index in [9.17, 15) is 29.4 Å². The molecule has 2 atom stereocenters. The van der Waals surface area contributed by atoms with E-state index in [4.69, 9.17) is 22.0 Å². The van der Waals surface area contributed by atoms with Gasteiger partial charge in [0.2, 0.25) is 5.60 Å². The fourth-order valence-corrected chi connectivity index (χ4v) is 6.58. The summed E-state index contributed by atoms with van der Waals surface area (Å²) in [4.78, 5) is 68.1. The number of hydrogen-bond acceptors (Lipinski definition) is 15. The van der Waals surface area contributed by atoms with Gasteiger partial charge in [-0.2, -0.15) is 0 Å². The van der Waals surface area contributed by atoms with Gasteiger partial charge < -0.3 is 37.6 Å². The number of nitrogens with zero attached hydrogens (tertiary/aromatic N) is 6. The lowest BCUT2D eigenvalue weighted by Crippen LogP contribution is -2.71. The minimum Gasteiger partial charge on any atom is -0.478 e. The highest BCUT2D eigenvalue weighted by Crippen LogP contribution is 2.41. The van der Waals surface area contributed by atoms with E-state index in [1.165, 1.54) is 47.3 Å². The third-order valence-electron chi connectivity index (χ3n) is 5.84. The van der Waals surface area contributed by atoms with Crippen LogP contribution in [0, 0.1) is 0 Å². The number of nitrogens with one attached hydrogen (secondary N) is 1. The second-order valence-corrected chi connectivity index (χ2v) is 12.0. The highest BCUT2D eigenvalue weighted by atomic mass is 32.2. The number of carboxylic acids is 2. The number of carboxylic acid groups (broad SMARTS) is 2. The molecule has 1 saturated heterocycles. The number of thiazole rings is 1. The maximum Gasteiger partial charge on any atom is 0.352 e. The molecule has 20 heteroatoms. The number of hydrogen-bond donors (Lipinski definition) is 6. The molecule has 0 aromatic carbocycles. The molecule has 9 N–H and O–H groups in total. The summed E-state index contributed by atoms with van der Waals surface area (Å²) in [5, 5.41) is 26.7. The van der Waals surface area contributed by atoms with Crippen molar-refractivity contribution < 1.29 is 38.8 Å². The van der Waals surface area contributed by atoms with E-state index >= 15 is 0 Å². The second-order valence-electron chi connectivity index (χ2n) is 9.11. The summed E-state index contributed by atoms with van der Waals surface area (Å²) in [6.07, 6.45) is 0. The van der Waals surface area contributed by atoms with Crippen LogP contribution < -0.4 is 27.1 Å². The molecule has 2 aliphatic heterocycles. The Kier molecular flexibility index (Phi) is 8.27. The number of fused-ring (bicyclic) bond motifs is 1. The van der Waals surface area contributed by atoms with Crippen molar-refractivity contribution in [3.8, 4) is 0 Å². The van der Waals surface area contributed by atoms with E-state index in [-0.39, 0.29) is 39.9 Å². The quantitative estimate of drug-likeness (QED) is 0.0584. The molecular formula is C21H25N10O7S3+. The van der Waals surface area contributed by atoms with Crippen LogP contribution in [0.5, 0.6) is 0 Å². The highest BCUT2D eigenvalue weighted by molar-refractivity contribution is 8.01. The molecule has 218 valence electrons. The Balaban J connectivity index is 1.53. The van der Waals surface area contributed by atoms with Crippen LogP contribution >= 0.6 is 34.9 Å². The lowest BCUT2D eigenvalue weighted by molar-refractivity contribution is -0.701. The minimum absolute atomic E-state index is 0.00991. The van der Waals surface area contributed by atoms with E-state index < -0.39 is 46.5 Å². The third kappa shape index (κ3) is 5.98. The molecule has 2 amide bonds. The van der Waals surface area contributed by atoms with E-state index in [2.05, 4.69) is 25.4 Å². The zero-order valence-electron chi connectivity index (χ0n) is 21.7. The van der Waals surface area contributed by atoms with E-state index in [1.807, 2.05) is 0 Å². The molecule has 4 rings (SSSR count). The summed E-state index contributed by atoms with van der Waals surface area (Å²) in [6.45, 7) is 2.47. The SMILES string of the molecule is C[n+]1c(N)nc(N)nc1SCC1=C(C(=O)O)N2C(=O)C(NC(=O)/C(=N/OC(C)(C)C(=O)O)c3csc(N)n3)C2SC1. The van der Waals surface area contributed by atoms with Crippen LogP contribution in [0.15, 0.2) is 27.0 Å². The fourth-order valence-electron chi connectivity index (χ4n) is 3.57. The number of oxime groups is 1. The number of aliphatic carboxylic acids is 2. The molecule has 0 saturated carbocycles. The van der Waals surface area contributed by atoms with Crippen molar-refractivity contribution in [1.82, 2.24) is 25.2 Å². The summed E-state index contributed by atoms with van der Waals surface area (Å²) in [6, 6.07) is -1.09. The van der Waals surface area contributed by atoms with Gasteiger partial charge in [0.15, 0.2) is 10.8 Å². The van der Waals surface area contributed by atoms with Crippen molar-refractivity contribution in [2.45, 2.75) is 36.0 Å². The van der Waals surface area contributed by atoms with Crippen LogP contribution in [-0.4, -0.2) is 88.1 Å². The topological polar surface area (TPSA) is 266 Å². The van der Waals surface area contributed by atoms with Crippen LogP contribution in [0.25, 0.3) is 0 Å². The smallest absolute Gasteiger partial charge is 0.352 e. The molecular weight excluding hydrogens is 600 g/mol. The summed E-state index contributed by atoms with van der Waals surface area (Å²) >= 11 is 3.45. The molecule has 2 aliphatic rings. The van der Waals surface area contributed by atoms with Crippen LogP contribution in [-0.2, 0) is 31.1 Å². The maximum atomic E-state index is 13.2. The Morgan fingerprint density at radius 2 is 1.98 bits per heavy atom. The number of carbonyl (C=O) groups excluding carboxylic acids is 2. The molecule has 1 fully saturated rings. The Hall–Kier alpha value is -4.17. The standard InChI is InChI=1S/C21H24N10O7S3/c1-21(2,16(36)37)38-29-9(8-6-40-19(24)25-8)12(32)26-10-13(33)31-11(15(34)35)7(4-39-14(10)31)5-41-20-28-17(22)27-18(23)30(20)3/h6,10,14H,4-5H2,1-3H3,(H8,22,23,24,25,26,27,32,34,35,36,37)/p+1/b29-9+. The number of nitrogen functional groups attached to an aromatic ring is 3. The van der Waals surface area contributed by atoms with Gasteiger partial charge in [-0.1, -0.05) is 26.9 Å². The van der Waals surface area contributed by atoms with Gasteiger partial charge in [0.1, 0.15) is 22.8 Å². The number of anilines is 3. The number of carbonyl (C=O) groups is 4. The maximum absolute atomic E-state index is 13.2. The van der Waals surface area contributed by atoms with Gasteiger partial charge >= 0.3 is 23.8 Å². The highest BCUT2D eigenvalue weighted by Gasteiger charge is 2.54. The van der Waals surface area contributed by atoms with Crippen LogP contribution in [0.4, 0.5) is 17.0 Å². The molecule has 0 spiro atoms. The molecule has 2 unspecified atom stereocenters. The molecule has 0 bridgehead atoms. The Morgan fingerprint density at radius 1 is 1.27 bits per heavy atom. The predicted molar refractivity (Wildman–Crippen MR) is 148 cm³/mol. The Bertz CT molecular complexity index is 1510. The van der Waals surface area contributed by atoms with Crippen LogP contribution in [0.1, 0.15) is 19.5 Å². The zero-order valence-corrected chi connectivity index (χ0v) is 24.2. The molecule has 2 aromatic rings. The molecule has 2 aromatic heterocycles. The normalized spacial score (nSPS) is 19.0. The number of thioether (sulfide) groups is 2. The summed E-state index contributed by atoms with van der Waals surface area (Å²) in [5.41, 5.74) is 15.3. The average molecular weight is 626 g/mol. The van der Waals surface area contributed by atoms with Gasteiger partial charge in [0.05, 0.1) is 7.05 Å². The van der Waals surface area contributed by atoms with Gasteiger partial charge in [0, 0.05) is 16.9 Å². The van der Waals surface area contributed by atoms with Crippen LogP contribution in [0.2, 0.25) is 0 Å². The summed E-state index contributed by atoms with van der Waals surface area (Å²) in [7, 11) is 1.63. The van der Waals surface area contributed by atoms with E-state index in [0.717, 1.165) is 16.2 Å². The third-order valence-corrected chi connectivity index (χ3v) is 8.97. The van der Waals surface area contributed by atoms with Crippen molar-refractivity contribution in [1.29, 1.82) is 0 Å². The molecule has 41 heavy (non-hydrogen) atoms. The Labute approximate surface area is 244 Å². The first-order valence-electron chi connectivity index (χ1n) is 11.5. The van der Waals surface area contributed by atoms with Crippen molar-refractivity contribution in [3.63, 3.8) is 0 Å². The summed E-state index contributed by atoms with van der Waals surface area (Å²) in [5.74, 6) is -3.67. The monoisotopic (exact) mass is 625 g/mol. The van der Waals surface area contributed by atoms with Gasteiger partial charge in [-0.05, 0) is 19.4 Å². The molecule has 0 aliphatic carbocycles. The van der Waals surface area contributed by atoms with Crippen molar-refractivity contribution in [2.75, 3.05) is 28.7 Å². The van der Waals surface area contributed by atoms with Gasteiger partial charge in [0.25, 0.3) is 17.0 Å². The van der Waals surface area contributed by atoms with E-state index in [0.29, 0.717) is 10.7 Å². The minimum atomic E-state index is -1.77. The largest absolute Gasteiger partial charge is 0.478 e. The number of β-lactam (4-membered cyclic amide) rings is 1. The van der Waals surface area contributed by atoms with Gasteiger partial charge in [-0.15, -0.1) is 23.1 Å². The first-order valence-corrected chi connectivity index (χ1v) is 14.5. The molecule has 0 radical (unpaired) electrons. The first kappa shape index (κ1) is 29.8. The Morgan fingerprint density at radius 3 is 2.59 bits per heavy atom. The predicted octanol–water partition coefficient (Wildman–Crippen LogP) is -1.38. The second kappa shape index (κ2) is 11.4. The number of amides is 2. The van der Waals surface area contributed by atoms with Crippen LogP contribution in [0.3, 0.4) is 0 Å². The van der Waals surface area contributed by atoms with Crippen molar-refractivity contribution in [3.05, 3.63) is 22.3 Å². The van der Waals surface area contributed by atoms with E-state index in [1.54, 1.807) is 7.05 Å². The number of nitrogens with two attached hydrogens (primary N) is 3. The lowest BCUT2D eigenvalue weighted by atomic mass is 10.0. The van der Waals surface area contributed by atoms with Crippen molar-refractivity contribution in [2.24, 2.45) is 12.2 Å². The zero-order chi connectivity index (χ0) is 30.2. The lowest BCUT2D eigenvalue weighted by Gasteiger charge is -2.49. The van der Waals surface area contributed by atoms with Gasteiger partial charge in [-0.25, -0.2) is 19.1 Å². The van der Waals surface area contributed by atoms with Gasteiger partial charge in [-0.3, -0.25) is 14.5 Å². The molecule has 17 nitrogen and oxygen atoms in total. The molecule has 4 heterocycles. The average Bonchev–Trinajstić information content (AvgIpc) is 3.33. The first-order chi connectivity index (χ1) is 19.2. The number of aromatic nitrogens is 4. The number of rotatable bonds is 10.